The molecule has 100 valence electrons. The van der Waals surface area contributed by atoms with Crippen molar-refractivity contribution in [3.05, 3.63) is 0 Å². The van der Waals surface area contributed by atoms with Gasteiger partial charge in [-0.25, -0.2) is 9.59 Å². The van der Waals surface area contributed by atoms with Crippen molar-refractivity contribution in [3.8, 4) is 0 Å². The molecule has 0 aromatic carbocycles. The van der Waals surface area contributed by atoms with Gasteiger partial charge in [0.05, 0.1) is 6.61 Å². The average Bonchev–Trinajstić information content (AvgIpc) is 2.24. The number of hydrogen-bond donors (Lipinski definition) is 3. The fraction of sp³-hybridized carbons (Fsp3) is 0.800. The third-order valence-corrected chi connectivity index (χ3v) is 2.38. The molecule has 0 spiro atoms. The number of methoxy groups -OCH3 is 1. The van der Waals surface area contributed by atoms with E-state index in [9.17, 15) is 9.59 Å². The van der Waals surface area contributed by atoms with E-state index in [2.05, 4.69) is 10.6 Å². The predicted molar refractivity (Wildman–Crippen MR) is 63.0 cm³/mol. The number of aliphatic carboxylic acids is 1. The maximum Gasteiger partial charge on any atom is 0.328 e. The van der Waals surface area contributed by atoms with E-state index in [0.29, 0.717) is 6.54 Å². The zero-order valence-corrected chi connectivity index (χ0v) is 10.7. The number of carboxylic acids is 1. The summed E-state index contributed by atoms with van der Waals surface area (Å²) in [5, 5.41) is 13.7. The predicted octanol–water partition coefficient (Wildman–Crippen LogP) is -0.665. The van der Waals surface area contributed by atoms with E-state index >= 15 is 0 Å². The van der Waals surface area contributed by atoms with Crippen LogP contribution in [0.2, 0.25) is 0 Å². The van der Waals surface area contributed by atoms with Gasteiger partial charge in [0.2, 0.25) is 0 Å². The van der Waals surface area contributed by atoms with Gasteiger partial charge in [0.25, 0.3) is 0 Å². The first-order valence-corrected chi connectivity index (χ1v) is 5.31. The highest BCUT2D eigenvalue weighted by atomic mass is 16.5. The Kier molecular flexibility index (Phi) is 7.24. The van der Waals surface area contributed by atoms with E-state index in [1.165, 1.54) is 7.11 Å². The monoisotopic (exact) mass is 247 g/mol. The molecule has 0 aliphatic carbocycles. The van der Waals surface area contributed by atoms with E-state index < -0.39 is 18.0 Å². The number of rotatable bonds is 7. The minimum Gasteiger partial charge on any atom is -0.480 e. The van der Waals surface area contributed by atoms with Crippen LogP contribution in [0, 0.1) is 0 Å². The van der Waals surface area contributed by atoms with Crippen LogP contribution >= 0.6 is 0 Å². The molecule has 7 heteroatoms. The van der Waals surface area contributed by atoms with Gasteiger partial charge >= 0.3 is 12.0 Å². The zero-order valence-electron chi connectivity index (χ0n) is 10.7. The number of likely N-dealkylation sites (N-methyl/N-ethyl adjacent to an activating group) is 1. The largest absolute Gasteiger partial charge is 0.480 e. The summed E-state index contributed by atoms with van der Waals surface area (Å²) < 4.78 is 4.70. The van der Waals surface area contributed by atoms with Crippen molar-refractivity contribution in [2.75, 3.05) is 34.4 Å². The molecule has 0 radical (unpaired) electrons. The second-order valence-corrected chi connectivity index (χ2v) is 4.01. The van der Waals surface area contributed by atoms with Gasteiger partial charge in [-0.2, -0.15) is 0 Å². The summed E-state index contributed by atoms with van der Waals surface area (Å²) in [4.78, 5) is 24.1. The molecule has 0 aliphatic rings. The van der Waals surface area contributed by atoms with Crippen molar-refractivity contribution >= 4 is 12.0 Å². The fourth-order valence-corrected chi connectivity index (χ4v) is 0.974. The molecule has 0 aromatic heterocycles. The molecule has 0 saturated carbocycles. The van der Waals surface area contributed by atoms with Gasteiger partial charge in [-0.3, -0.25) is 0 Å². The van der Waals surface area contributed by atoms with Crippen LogP contribution in [0.1, 0.15) is 6.92 Å². The van der Waals surface area contributed by atoms with Crippen molar-refractivity contribution in [2.45, 2.75) is 19.0 Å². The SMILES string of the molecule is COCC(NC(=O)NCC(C)N(C)C)C(=O)O. The van der Waals surface area contributed by atoms with Gasteiger partial charge in [-0.05, 0) is 21.0 Å². The summed E-state index contributed by atoms with van der Waals surface area (Å²) in [6.07, 6.45) is 0. The molecule has 2 unspecified atom stereocenters. The minimum atomic E-state index is -1.12. The Morgan fingerprint density at radius 1 is 1.41 bits per heavy atom. The van der Waals surface area contributed by atoms with Crippen LogP contribution < -0.4 is 10.6 Å². The number of amides is 2. The van der Waals surface area contributed by atoms with Crippen LogP contribution in [0.5, 0.6) is 0 Å². The van der Waals surface area contributed by atoms with E-state index in [4.69, 9.17) is 9.84 Å². The summed E-state index contributed by atoms with van der Waals surface area (Å²) >= 11 is 0. The summed E-state index contributed by atoms with van der Waals surface area (Å²) in [5.74, 6) is -1.12. The lowest BCUT2D eigenvalue weighted by Gasteiger charge is -2.21. The number of urea groups is 1. The lowest BCUT2D eigenvalue weighted by atomic mass is 10.3. The van der Waals surface area contributed by atoms with Crippen LogP contribution in [0.4, 0.5) is 4.79 Å². The van der Waals surface area contributed by atoms with Gasteiger partial charge in [0.1, 0.15) is 0 Å². The van der Waals surface area contributed by atoms with E-state index in [-0.39, 0.29) is 12.6 Å². The standard InChI is InChI=1S/C10H21N3O4/c1-7(13(2)3)5-11-10(16)12-8(6-17-4)9(14)15/h7-8H,5-6H2,1-4H3,(H,14,15)(H2,11,12,16). The molecule has 0 saturated heterocycles. The highest BCUT2D eigenvalue weighted by Gasteiger charge is 2.19. The lowest BCUT2D eigenvalue weighted by Crippen LogP contribution is -2.50. The molecule has 17 heavy (non-hydrogen) atoms. The normalized spacial score (nSPS) is 14.2. The molecular weight excluding hydrogens is 226 g/mol. The molecule has 0 rings (SSSR count). The Morgan fingerprint density at radius 2 is 2.00 bits per heavy atom. The second-order valence-electron chi connectivity index (χ2n) is 4.01. The summed E-state index contributed by atoms with van der Waals surface area (Å²) in [6.45, 7) is 2.33. The quantitative estimate of drug-likeness (QED) is 0.555. The first kappa shape index (κ1) is 15.7. The number of carbonyl (C=O) groups excluding carboxylic acids is 1. The smallest absolute Gasteiger partial charge is 0.328 e. The van der Waals surface area contributed by atoms with Crippen molar-refractivity contribution in [3.63, 3.8) is 0 Å². The van der Waals surface area contributed by atoms with Gasteiger partial charge < -0.3 is 25.4 Å². The van der Waals surface area contributed by atoms with Crippen molar-refractivity contribution < 1.29 is 19.4 Å². The van der Waals surface area contributed by atoms with Crippen molar-refractivity contribution in [2.24, 2.45) is 0 Å². The number of carboxylic acid groups (broad SMARTS) is 1. The van der Waals surface area contributed by atoms with Gasteiger partial charge in [-0.15, -0.1) is 0 Å². The number of ether oxygens (including phenoxy) is 1. The molecule has 3 N–H and O–H groups in total. The molecule has 2 amide bonds. The lowest BCUT2D eigenvalue weighted by molar-refractivity contribution is -0.140. The molecule has 7 nitrogen and oxygen atoms in total. The first-order chi connectivity index (χ1) is 7.88. The maximum absolute atomic E-state index is 11.4. The first-order valence-electron chi connectivity index (χ1n) is 5.31. The van der Waals surface area contributed by atoms with Crippen LogP contribution in [0.15, 0.2) is 0 Å². The van der Waals surface area contributed by atoms with Crippen LogP contribution in [0.25, 0.3) is 0 Å². The Morgan fingerprint density at radius 3 is 2.41 bits per heavy atom. The van der Waals surface area contributed by atoms with Gasteiger partial charge in [0, 0.05) is 19.7 Å². The van der Waals surface area contributed by atoms with Crippen molar-refractivity contribution in [1.29, 1.82) is 0 Å². The average molecular weight is 247 g/mol. The fourth-order valence-electron chi connectivity index (χ4n) is 0.974. The molecule has 0 heterocycles. The second kappa shape index (κ2) is 7.86. The minimum absolute atomic E-state index is 0.0635. The Hall–Kier alpha value is -1.34. The highest BCUT2D eigenvalue weighted by Crippen LogP contribution is 1.89. The highest BCUT2D eigenvalue weighted by molar-refractivity contribution is 5.82. The van der Waals surface area contributed by atoms with Crippen LogP contribution in [-0.4, -0.2) is 68.4 Å². The summed E-state index contributed by atoms with van der Waals surface area (Å²) in [6, 6.07) is -1.37. The third kappa shape index (κ3) is 6.75. The van der Waals surface area contributed by atoms with Crippen molar-refractivity contribution in [1.82, 2.24) is 15.5 Å². The summed E-state index contributed by atoms with van der Waals surface area (Å²) in [5.41, 5.74) is 0. The number of nitrogens with zero attached hydrogens (tertiary/aromatic N) is 1. The van der Waals surface area contributed by atoms with Gasteiger partial charge in [-0.1, -0.05) is 0 Å². The third-order valence-electron chi connectivity index (χ3n) is 2.38. The van der Waals surface area contributed by atoms with Gasteiger partial charge in [0.15, 0.2) is 6.04 Å². The molecule has 0 aliphatic heterocycles. The number of carbonyl (C=O) groups is 2. The maximum atomic E-state index is 11.4. The topological polar surface area (TPSA) is 90.9 Å². The molecule has 2 atom stereocenters. The van der Waals surface area contributed by atoms with E-state index in [1.807, 2.05) is 25.9 Å². The Balaban J connectivity index is 4.02. The Bertz CT molecular complexity index is 258. The molecule has 0 aromatic rings. The number of nitrogens with one attached hydrogen (secondary N) is 2. The number of hydrogen-bond acceptors (Lipinski definition) is 4. The van der Waals surface area contributed by atoms with Crippen LogP contribution in [-0.2, 0) is 9.53 Å². The van der Waals surface area contributed by atoms with Crippen LogP contribution in [0.3, 0.4) is 0 Å². The Labute approximate surface area is 101 Å². The molecule has 0 fully saturated rings. The molecular formula is C10H21N3O4. The van der Waals surface area contributed by atoms with E-state index in [0.717, 1.165) is 0 Å². The summed E-state index contributed by atoms with van der Waals surface area (Å²) in [7, 11) is 5.17. The molecule has 0 bridgehead atoms. The zero-order chi connectivity index (χ0) is 13.4. The van der Waals surface area contributed by atoms with E-state index in [1.54, 1.807) is 0 Å².